The Morgan fingerprint density at radius 3 is 2.58 bits per heavy atom. The number of carbonyl (C=O) groups is 1. The van der Waals surface area contributed by atoms with E-state index in [0.29, 0.717) is 5.56 Å². The monoisotopic (exact) mass is 345 g/mol. The van der Waals surface area contributed by atoms with Gasteiger partial charge in [-0.25, -0.2) is 8.42 Å². The van der Waals surface area contributed by atoms with Crippen LogP contribution < -0.4 is 5.32 Å². The van der Waals surface area contributed by atoms with Crippen LogP contribution in [0.15, 0.2) is 29.2 Å². The maximum atomic E-state index is 12.2. The standard InChI is InChI=1S/C13H16BrNO3S/c1-19(17,18)11-5-2-4-10(8-11)12(16)15-13(9-14)6-3-7-13/h2,4-5,8H,3,6-7,9H2,1H3,(H,15,16). The molecule has 1 saturated carbocycles. The molecular formula is C13H16BrNO3S. The van der Waals surface area contributed by atoms with E-state index in [1.807, 2.05) is 0 Å². The summed E-state index contributed by atoms with van der Waals surface area (Å²) in [5.74, 6) is -0.218. The zero-order valence-electron chi connectivity index (χ0n) is 10.6. The Bertz CT molecular complexity index is 588. The smallest absolute Gasteiger partial charge is 0.251 e. The van der Waals surface area contributed by atoms with Gasteiger partial charge in [0.05, 0.1) is 10.4 Å². The van der Waals surface area contributed by atoms with Crippen LogP contribution in [0.3, 0.4) is 0 Å². The van der Waals surface area contributed by atoms with Crippen molar-refractivity contribution in [3.63, 3.8) is 0 Å². The summed E-state index contributed by atoms with van der Waals surface area (Å²) >= 11 is 3.42. The van der Waals surface area contributed by atoms with Crippen molar-refractivity contribution in [3.8, 4) is 0 Å². The molecule has 1 aromatic rings. The first-order valence-corrected chi connectivity index (χ1v) is 9.06. The summed E-state index contributed by atoms with van der Waals surface area (Å²) in [6.45, 7) is 0. The number of hydrogen-bond donors (Lipinski definition) is 1. The van der Waals surface area contributed by atoms with E-state index in [2.05, 4.69) is 21.2 Å². The van der Waals surface area contributed by atoms with Crippen molar-refractivity contribution in [2.24, 2.45) is 0 Å². The first kappa shape index (κ1) is 14.5. The third-order valence-electron chi connectivity index (χ3n) is 3.47. The van der Waals surface area contributed by atoms with Crippen LogP contribution in [0.5, 0.6) is 0 Å². The van der Waals surface area contributed by atoms with Crippen LogP contribution >= 0.6 is 15.9 Å². The molecule has 0 radical (unpaired) electrons. The zero-order chi connectivity index (χ0) is 14.1. The molecule has 4 nitrogen and oxygen atoms in total. The Morgan fingerprint density at radius 2 is 2.11 bits per heavy atom. The molecule has 104 valence electrons. The van der Waals surface area contributed by atoms with Crippen molar-refractivity contribution in [1.29, 1.82) is 0 Å². The number of halogens is 1. The highest BCUT2D eigenvalue weighted by Gasteiger charge is 2.37. The van der Waals surface area contributed by atoms with Gasteiger partial charge in [-0.2, -0.15) is 0 Å². The molecule has 1 aromatic carbocycles. The maximum Gasteiger partial charge on any atom is 0.251 e. The minimum absolute atomic E-state index is 0.168. The summed E-state index contributed by atoms with van der Waals surface area (Å²) in [6, 6.07) is 6.14. The van der Waals surface area contributed by atoms with Gasteiger partial charge in [-0.1, -0.05) is 22.0 Å². The van der Waals surface area contributed by atoms with Gasteiger partial charge in [-0.15, -0.1) is 0 Å². The number of carbonyl (C=O) groups excluding carboxylic acids is 1. The fraction of sp³-hybridized carbons (Fsp3) is 0.462. The lowest BCUT2D eigenvalue weighted by atomic mass is 9.78. The lowest BCUT2D eigenvalue weighted by Crippen LogP contribution is -2.54. The van der Waals surface area contributed by atoms with E-state index in [9.17, 15) is 13.2 Å². The number of benzene rings is 1. The molecular weight excluding hydrogens is 330 g/mol. The molecule has 0 saturated heterocycles. The highest BCUT2D eigenvalue weighted by atomic mass is 79.9. The summed E-state index contributed by atoms with van der Waals surface area (Å²) < 4.78 is 23.0. The van der Waals surface area contributed by atoms with Crippen LogP contribution in [-0.2, 0) is 9.84 Å². The van der Waals surface area contributed by atoms with Crippen LogP contribution in [-0.4, -0.2) is 31.4 Å². The van der Waals surface area contributed by atoms with Gasteiger partial charge in [0.15, 0.2) is 9.84 Å². The van der Waals surface area contributed by atoms with Crippen LogP contribution in [0.1, 0.15) is 29.6 Å². The average molecular weight is 346 g/mol. The number of amides is 1. The second-order valence-corrected chi connectivity index (χ2v) is 7.60. The van der Waals surface area contributed by atoms with Crippen molar-refractivity contribution in [1.82, 2.24) is 5.32 Å². The molecule has 2 rings (SSSR count). The molecule has 0 atom stereocenters. The largest absolute Gasteiger partial charge is 0.346 e. The molecule has 0 aliphatic heterocycles. The molecule has 0 unspecified atom stereocenters. The van der Waals surface area contributed by atoms with Crippen molar-refractivity contribution in [2.75, 3.05) is 11.6 Å². The SMILES string of the molecule is CS(=O)(=O)c1cccc(C(=O)NC2(CBr)CCC2)c1. The van der Waals surface area contributed by atoms with Crippen LogP contribution in [0.2, 0.25) is 0 Å². The van der Waals surface area contributed by atoms with Crippen molar-refractivity contribution in [3.05, 3.63) is 29.8 Å². The van der Waals surface area contributed by atoms with Gasteiger partial charge in [0, 0.05) is 17.1 Å². The van der Waals surface area contributed by atoms with E-state index in [0.717, 1.165) is 30.8 Å². The minimum atomic E-state index is -3.29. The van der Waals surface area contributed by atoms with Crippen molar-refractivity contribution >= 4 is 31.7 Å². The summed E-state index contributed by atoms with van der Waals surface area (Å²) in [5, 5.41) is 3.71. The lowest BCUT2D eigenvalue weighted by Gasteiger charge is -2.41. The first-order valence-electron chi connectivity index (χ1n) is 6.05. The van der Waals surface area contributed by atoms with Gasteiger partial charge in [0.1, 0.15) is 0 Å². The topological polar surface area (TPSA) is 63.2 Å². The third kappa shape index (κ3) is 3.17. The van der Waals surface area contributed by atoms with Crippen LogP contribution in [0.4, 0.5) is 0 Å². The molecule has 1 N–H and O–H groups in total. The Kier molecular flexibility index (Phi) is 4.01. The molecule has 1 fully saturated rings. The van der Waals surface area contributed by atoms with E-state index in [1.54, 1.807) is 12.1 Å². The fourth-order valence-corrected chi connectivity index (χ4v) is 3.44. The van der Waals surface area contributed by atoms with Gasteiger partial charge in [0.25, 0.3) is 5.91 Å². The van der Waals surface area contributed by atoms with E-state index < -0.39 is 9.84 Å². The Labute approximate surface area is 121 Å². The summed E-state index contributed by atoms with van der Waals surface area (Å²) in [7, 11) is -3.29. The highest BCUT2D eigenvalue weighted by molar-refractivity contribution is 9.09. The van der Waals surface area contributed by atoms with Crippen LogP contribution in [0, 0.1) is 0 Å². The van der Waals surface area contributed by atoms with Crippen molar-refractivity contribution in [2.45, 2.75) is 29.7 Å². The quantitative estimate of drug-likeness (QED) is 0.850. The Morgan fingerprint density at radius 1 is 1.42 bits per heavy atom. The van der Waals surface area contributed by atoms with E-state index in [-0.39, 0.29) is 16.3 Å². The van der Waals surface area contributed by atoms with Gasteiger partial charge in [-0.3, -0.25) is 4.79 Å². The molecule has 1 amide bonds. The van der Waals surface area contributed by atoms with Gasteiger partial charge in [-0.05, 0) is 37.5 Å². The van der Waals surface area contributed by atoms with Crippen LogP contribution in [0.25, 0.3) is 0 Å². The molecule has 1 aliphatic rings. The zero-order valence-corrected chi connectivity index (χ0v) is 13.1. The average Bonchev–Trinajstić information content (AvgIpc) is 2.32. The summed E-state index contributed by atoms with van der Waals surface area (Å²) in [4.78, 5) is 12.3. The number of sulfone groups is 1. The molecule has 6 heteroatoms. The molecule has 0 heterocycles. The number of hydrogen-bond acceptors (Lipinski definition) is 3. The number of rotatable bonds is 4. The van der Waals surface area contributed by atoms with E-state index in [1.165, 1.54) is 12.1 Å². The Balaban J connectivity index is 2.20. The summed E-state index contributed by atoms with van der Waals surface area (Å²) in [5.41, 5.74) is 0.216. The molecule has 0 bridgehead atoms. The predicted molar refractivity (Wildman–Crippen MR) is 77.4 cm³/mol. The van der Waals surface area contributed by atoms with Gasteiger partial charge >= 0.3 is 0 Å². The second kappa shape index (κ2) is 5.25. The van der Waals surface area contributed by atoms with Gasteiger partial charge < -0.3 is 5.32 Å². The predicted octanol–water partition coefficient (Wildman–Crippen LogP) is 2.14. The number of nitrogens with one attached hydrogen (secondary N) is 1. The summed E-state index contributed by atoms with van der Waals surface area (Å²) in [6.07, 6.45) is 4.15. The normalized spacial score (nSPS) is 17.6. The second-order valence-electron chi connectivity index (χ2n) is 5.02. The molecule has 0 aromatic heterocycles. The molecule has 1 aliphatic carbocycles. The maximum absolute atomic E-state index is 12.2. The van der Waals surface area contributed by atoms with E-state index in [4.69, 9.17) is 0 Å². The molecule has 0 spiro atoms. The fourth-order valence-electron chi connectivity index (χ4n) is 2.08. The first-order chi connectivity index (χ1) is 8.86. The van der Waals surface area contributed by atoms with Gasteiger partial charge in [0.2, 0.25) is 0 Å². The lowest BCUT2D eigenvalue weighted by molar-refractivity contribution is 0.0856. The molecule has 19 heavy (non-hydrogen) atoms. The minimum Gasteiger partial charge on any atom is -0.346 e. The number of alkyl halides is 1. The Hall–Kier alpha value is -0.880. The highest BCUT2D eigenvalue weighted by Crippen LogP contribution is 2.33. The third-order valence-corrected chi connectivity index (χ3v) is 5.65. The van der Waals surface area contributed by atoms with E-state index >= 15 is 0 Å². The van der Waals surface area contributed by atoms with Crippen molar-refractivity contribution < 1.29 is 13.2 Å².